The van der Waals surface area contributed by atoms with Gasteiger partial charge in [0.15, 0.2) is 8.32 Å². The summed E-state index contributed by atoms with van der Waals surface area (Å²) in [5, 5.41) is 31.6. The van der Waals surface area contributed by atoms with Gasteiger partial charge in [0.25, 0.3) is 0 Å². The van der Waals surface area contributed by atoms with Gasteiger partial charge in [0.05, 0.1) is 21.7 Å². The first-order valence-electron chi connectivity index (χ1n) is 11.2. The average molecular weight is 534 g/mol. The fraction of sp³-hybridized carbons (Fsp3) is 0.400. The monoisotopic (exact) mass is 532 g/mol. The molecule has 186 valence electrons. The lowest BCUT2D eigenvalue weighted by Crippen LogP contribution is -2.45. The fourth-order valence-electron chi connectivity index (χ4n) is 3.30. The van der Waals surface area contributed by atoms with E-state index >= 15 is 0 Å². The lowest BCUT2D eigenvalue weighted by atomic mass is 10.1. The van der Waals surface area contributed by atoms with Crippen molar-refractivity contribution in [3.63, 3.8) is 0 Å². The van der Waals surface area contributed by atoms with Gasteiger partial charge in [-0.2, -0.15) is 5.26 Å². The number of benzene rings is 2. The number of nitrogens with one attached hydrogen (secondary N) is 1. The van der Waals surface area contributed by atoms with Crippen molar-refractivity contribution in [2.45, 2.75) is 64.9 Å². The van der Waals surface area contributed by atoms with Gasteiger partial charge in [0.2, 0.25) is 11.8 Å². The molecule has 3 aromatic rings. The standard InChI is InChI=1S/C25H30Cl2N4O3Si/c1-14-19(10-8-17(13-28)21(14)27)29-22(15(2)34-35(6,7)25(3,4)5)24-31-30-23(33-24)16-9-11-20(32)18(26)12-16/h8-12,15,22,29,32H,1-7H3/t15-,22?/m1/s1. The highest BCUT2D eigenvalue weighted by molar-refractivity contribution is 6.74. The second-order valence-electron chi connectivity index (χ2n) is 10.0. The number of nitriles is 1. The zero-order chi connectivity index (χ0) is 26.1. The molecule has 0 amide bonds. The molecule has 0 aliphatic heterocycles. The Labute approximate surface area is 217 Å². The molecule has 35 heavy (non-hydrogen) atoms. The number of rotatable bonds is 7. The SMILES string of the molecule is Cc1c(NC(c2nnc(-c3ccc(O)c(Cl)c3)o2)[C@@H](C)O[Si](C)(C)C(C)(C)C)ccc(C#N)c1Cl. The van der Waals surface area contributed by atoms with Crippen LogP contribution < -0.4 is 5.32 Å². The molecule has 0 aliphatic carbocycles. The van der Waals surface area contributed by atoms with E-state index in [1.165, 1.54) is 6.07 Å². The van der Waals surface area contributed by atoms with Crippen molar-refractivity contribution in [2.75, 3.05) is 5.32 Å². The van der Waals surface area contributed by atoms with Crippen LogP contribution in [-0.4, -0.2) is 29.7 Å². The van der Waals surface area contributed by atoms with E-state index in [4.69, 9.17) is 32.0 Å². The van der Waals surface area contributed by atoms with Crippen molar-refractivity contribution in [3.8, 4) is 23.3 Å². The molecular formula is C25H30Cl2N4O3Si. The van der Waals surface area contributed by atoms with Crippen LogP contribution in [0.3, 0.4) is 0 Å². The zero-order valence-corrected chi connectivity index (χ0v) is 23.4. The maximum Gasteiger partial charge on any atom is 0.247 e. The van der Waals surface area contributed by atoms with Gasteiger partial charge >= 0.3 is 0 Å². The normalized spacial score (nSPS) is 13.8. The summed E-state index contributed by atoms with van der Waals surface area (Å²) in [5.41, 5.74) is 2.46. The van der Waals surface area contributed by atoms with Crippen molar-refractivity contribution < 1.29 is 13.9 Å². The first-order valence-corrected chi connectivity index (χ1v) is 14.9. The number of aromatic hydroxyl groups is 1. The summed E-state index contributed by atoms with van der Waals surface area (Å²) in [6.07, 6.45) is -0.332. The lowest BCUT2D eigenvalue weighted by Gasteiger charge is -2.40. The zero-order valence-electron chi connectivity index (χ0n) is 20.9. The molecule has 0 fully saturated rings. The van der Waals surface area contributed by atoms with Crippen LogP contribution in [0.2, 0.25) is 28.2 Å². The molecule has 0 aliphatic rings. The summed E-state index contributed by atoms with van der Waals surface area (Å²) in [6, 6.07) is 9.78. The fourth-order valence-corrected chi connectivity index (χ4v) is 5.11. The molecule has 0 radical (unpaired) electrons. The Hall–Kier alpha value is -2.57. The van der Waals surface area contributed by atoms with Gasteiger partial charge in [-0.15, -0.1) is 10.2 Å². The molecule has 1 heterocycles. The lowest BCUT2D eigenvalue weighted by molar-refractivity contribution is 0.166. The van der Waals surface area contributed by atoms with E-state index in [-0.39, 0.29) is 27.8 Å². The third kappa shape index (κ3) is 5.81. The highest BCUT2D eigenvalue weighted by Gasteiger charge is 2.41. The number of hydrogen-bond acceptors (Lipinski definition) is 7. The molecule has 1 aromatic heterocycles. The minimum absolute atomic E-state index is 0.00225. The molecule has 1 unspecified atom stereocenters. The Kier molecular flexibility index (Phi) is 7.87. The highest BCUT2D eigenvalue weighted by atomic mass is 35.5. The van der Waals surface area contributed by atoms with Crippen LogP contribution in [0.1, 0.15) is 50.8 Å². The van der Waals surface area contributed by atoms with Gasteiger partial charge < -0.3 is 19.3 Å². The molecule has 2 atom stereocenters. The van der Waals surface area contributed by atoms with Gasteiger partial charge in [-0.1, -0.05) is 44.0 Å². The summed E-state index contributed by atoms with van der Waals surface area (Å²) in [6.45, 7) is 14.7. The van der Waals surface area contributed by atoms with Crippen molar-refractivity contribution in [2.24, 2.45) is 0 Å². The summed E-state index contributed by atoms with van der Waals surface area (Å²) < 4.78 is 12.7. The Bertz CT molecular complexity index is 1260. The van der Waals surface area contributed by atoms with Gasteiger partial charge in [0, 0.05) is 11.3 Å². The number of hydrogen-bond donors (Lipinski definition) is 2. The molecular weight excluding hydrogens is 503 g/mol. The topological polar surface area (TPSA) is 104 Å². The van der Waals surface area contributed by atoms with E-state index in [1.54, 1.807) is 18.2 Å². The second kappa shape index (κ2) is 10.2. The number of nitrogens with zero attached hydrogens (tertiary/aromatic N) is 3. The van der Waals surface area contributed by atoms with Gasteiger partial charge in [0.1, 0.15) is 17.9 Å². The number of phenols is 1. The molecule has 0 saturated carbocycles. The first kappa shape index (κ1) is 27.0. The average Bonchev–Trinajstić information content (AvgIpc) is 3.25. The molecule has 0 saturated heterocycles. The van der Waals surface area contributed by atoms with Crippen molar-refractivity contribution in [1.29, 1.82) is 5.26 Å². The number of aromatic nitrogens is 2. The maximum absolute atomic E-state index is 9.73. The van der Waals surface area contributed by atoms with E-state index in [0.717, 1.165) is 11.3 Å². The third-order valence-electron chi connectivity index (χ3n) is 6.48. The molecule has 2 N–H and O–H groups in total. The van der Waals surface area contributed by atoms with Crippen LogP contribution in [0.5, 0.6) is 5.75 Å². The number of anilines is 1. The molecule has 10 heteroatoms. The van der Waals surface area contributed by atoms with Crippen molar-refractivity contribution in [3.05, 3.63) is 57.4 Å². The molecule has 3 rings (SSSR count). The van der Waals surface area contributed by atoms with Crippen LogP contribution >= 0.6 is 23.2 Å². The van der Waals surface area contributed by atoms with E-state index in [2.05, 4.69) is 55.4 Å². The van der Waals surface area contributed by atoms with Crippen LogP contribution in [0, 0.1) is 18.3 Å². The van der Waals surface area contributed by atoms with Crippen molar-refractivity contribution in [1.82, 2.24) is 10.2 Å². The number of phenolic OH excluding ortho intramolecular Hbond substituents is 1. The van der Waals surface area contributed by atoms with E-state index in [1.807, 2.05) is 19.9 Å². The first-order chi connectivity index (χ1) is 16.2. The molecule has 2 aromatic carbocycles. The Balaban J connectivity index is 2.02. The van der Waals surface area contributed by atoms with Gasteiger partial charge in [-0.3, -0.25) is 0 Å². The summed E-state index contributed by atoms with van der Waals surface area (Å²) in [4.78, 5) is 0. The largest absolute Gasteiger partial charge is 0.506 e. The Morgan fingerprint density at radius 3 is 2.46 bits per heavy atom. The quantitative estimate of drug-likeness (QED) is 0.303. The minimum Gasteiger partial charge on any atom is -0.506 e. The van der Waals surface area contributed by atoms with E-state index in [0.29, 0.717) is 22.0 Å². The number of halogens is 2. The second-order valence-corrected chi connectivity index (χ2v) is 15.6. The minimum atomic E-state index is -2.14. The van der Waals surface area contributed by atoms with Crippen LogP contribution in [-0.2, 0) is 4.43 Å². The van der Waals surface area contributed by atoms with Crippen LogP contribution in [0.25, 0.3) is 11.5 Å². The summed E-state index contributed by atoms with van der Waals surface area (Å²) >= 11 is 12.5. The third-order valence-corrected chi connectivity index (χ3v) is 11.8. The van der Waals surface area contributed by atoms with E-state index < -0.39 is 14.4 Å². The Morgan fingerprint density at radius 1 is 1.17 bits per heavy atom. The smallest absolute Gasteiger partial charge is 0.247 e. The summed E-state index contributed by atoms with van der Waals surface area (Å²) in [7, 11) is -2.14. The van der Waals surface area contributed by atoms with E-state index in [9.17, 15) is 10.4 Å². The maximum atomic E-state index is 9.73. The van der Waals surface area contributed by atoms with Crippen LogP contribution in [0.4, 0.5) is 5.69 Å². The predicted octanol–water partition coefficient (Wildman–Crippen LogP) is 7.49. The van der Waals surface area contributed by atoms with Crippen molar-refractivity contribution >= 4 is 37.2 Å². The summed E-state index contributed by atoms with van der Waals surface area (Å²) in [5.74, 6) is 0.567. The van der Waals surface area contributed by atoms with Gasteiger partial charge in [-0.05, 0) is 67.9 Å². The van der Waals surface area contributed by atoms with Gasteiger partial charge in [-0.25, -0.2) is 0 Å². The molecule has 0 bridgehead atoms. The highest BCUT2D eigenvalue weighted by Crippen LogP contribution is 2.40. The molecule has 0 spiro atoms. The van der Waals surface area contributed by atoms with Crippen LogP contribution in [0.15, 0.2) is 34.7 Å². The molecule has 7 nitrogen and oxygen atoms in total. The Morgan fingerprint density at radius 2 is 1.86 bits per heavy atom. The predicted molar refractivity (Wildman–Crippen MR) is 141 cm³/mol.